The summed E-state index contributed by atoms with van der Waals surface area (Å²) in [5, 5.41) is 0. The van der Waals surface area contributed by atoms with Crippen LogP contribution >= 0.6 is 27.3 Å². The highest BCUT2D eigenvalue weighted by atomic mass is 79.9. The molecular formula is C14H18BrNOS. The molecule has 2 nitrogen and oxygen atoms in total. The summed E-state index contributed by atoms with van der Waals surface area (Å²) in [7, 11) is 0. The lowest BCUT2D eigenvalue weighted by atomic mass is 9.95. The van der Waals surface area contributed by atoms with Gasteiger partial charge in [-0.05, 0) is 60.3 Å². The molecular weight excluding hydrogens is 310 g/mol. The number of likely N-dealkylation sites (tertiary alicyclic amines) is 1. The van der Waals surface area contributed by atoms with Crippen molar-refractivity contribution in [2.45, 2.75) is 44.7 Å². The van der Waals surface area contributed by atoms with Gasteiger partial charge < -0.3 is 0 Å². The van der Waals surface area contributed by atoms with Crippen molar-refractivity contribution in [2.24, 2.45) is 5.92 Å². The zero-order valence-electron chi connectivity index (χ0n) is 10.4. The Morgan fingerprint density at radius 2 is 2.22 bits per heavy atom. The van der Waals surface area contributed by atoms with Gasteiger partial charge in [0.15, 0.2) is 0 Å². The minimum absolute atomic E-state index is 0.330. The standard InChI is InChI=1S/C14H18BrNOS/c15-14-7-6-10(18-14)9-16-8-2-4-12(16)11-3-1-5-13(11)17/h6-7,11-12H,1-5,8-9H2. The molecule has 2 aliphatic rings. The molecule has 0 radical (unpaired) electrons. The van der Waals surface area contributed by atoms with E-state index >= 15 is 0 Å². The summed E-state index contributed by atoms with van der Waals surface area (Å²) in [6, 6.07) is 4.83. The van der Waals surface area contributed by atoms with Crippen LogP contribution in [-0.4, -0.2) is 23.3 Å². The number of Topliss-reactive ketones (excluding diaryl/α,β-unsaturated/α-hetero) is 1. The van der Waals surface area contributed by atoms with E-state index in [4.69, 9.17) is 0 Å². The Bertz CT molecular complexity index is 445. The van der Waals surface area contributed by atoms with Crippen LogP contribution in [0.5, 0.6) is 0 Å². The summed E-state index contributed by atoms with van der Waals surface area (Å²) in [6.45, 7) is 2.18. The lowest BCUT2D eigenvalue weighted by Gasteiger charge is -2.28. The average molecular weight is 328 g/mol. The van der Waals surface area contributed by atoms with Crippen molar-refractivity contribution in [2.75, 3.05) is 6.54 Å². The summed E-state index contributed by atoms with van der Waals surface area (Å²) >= 11 is 5.33. The average Bonchev–Trinajstić information content (AvgIpc) is 3.02. The van der Waals surface area contributed by atoms with Gasteiger partial charge >= 0.3 is 0 Å². The molecule has 0 amide bonds. The second-order valence-electron chi connectivity index (χ2n) is 5.35. The maximum absolute atomic E-state index is 11.9. The van der Waals surface area contributed by atoms with Crippen molar-refractivity contribution < 1.29 is 4.79 Å². The third kappa shape index (κ3) is 2.56. The first-order valence-electron chi connectivity index (χ1n) is 6.75. The van der Waals surface area contributed by atoms with Gasteiger partial charge in [0.25, 0.3) is 0 Å². The zero-order valence-corrected chi connectivity index (χ0v) is 12.8. The highest BCUT2D eigenvalue weighted by Crippen LogP contribution is 2.35. The monoisotopic (exact) mass is 327 g/mol. The van der Waals surface area contributed by atoms with Crippen LogP contribution in [0.4, 0.5) is 0 Å². The van der Waals surface area contributed by atoms with E-state index in [0.717, 1.165) is 32.4 Å². The third-order valence-electron chi connectivity index (χ3n) is 4.22. The van der Waals surface area contributed by atoms with Crippen molar-refractivity contribution in [1.29, 1.82) is 0 Å². The Kier molecular flexibility index (Phi) is 3.87. The van der Waals surface area contributed by atoms with E-state index in [9.17, 15) is 4.79 Å². The molecule has 1 saturated carbocycles. The molecule has 18 heavy (non-hydrogen) atoms. The molecule has 0 spiro atoms. The number of nitrogens with zero attached hydrogens (tertiary/aromatic N) is 1. The number of rotatable bonds is 3. The molecule has 0 aromatic carbocycles. The van der Waals surface area contributed by atoms with Crippen molar-refractivity contribution in [1.82, 2.24) is 4.90 Å². The molecule has 1 aliphatic heterocycles. The van der Waals surface area contributed by atoms with Crippen LogP contribution in [0.3, 0.4) is 0 Å². The molecule has 2 atom stereocenters. The highest BCUT2D eigenvalue weighted by molar-refractivity contribution is 9.11. The van der Waals surface area contributed by atoms with Gasteiger partial charge in [0, 0.05) is 29.8 Å². The van der Waals surface area contributed by atoms with Gasteiger partial charge in [-0.3, -0.25) is 9.69 Å². The number of thiophene rings is 1. The second kappa shape index (κ2) is 5.43. The summed E-state index contributed by atoms with van der Waals surface area (Å²) < 4.78 is 1.20. The first-order valence-corrected chi connectivity index (χ1v) is 8.36. The molecule has 2 unspecified atom stereocenters. The lowest BCUT2D eigenvalue weighted by Crippen LogP contribution is -2.36. The Labute approximate surface area is 120 Å². The van der Waals surface area contributed by atoms with Gasteiger partial charge in [0.1, 0.15) is 5.78 Å². The highest BCUT2D eigenvalue weighted by Gasteiger charge is 2.37. The number of carbonyl (C=O) groups excluding carboxylic acids is 1. The van der Waals surface area contributed by atoms with Crippen molar-refractivity contribution in [3.63, 3.8) is 0 Å². The summed E-state index contributed by atoms with van der Waals surface area (Å²) in [5.74, 6) is 0.843. The Morgan fingerprint density at radius 1 is 1.33 bits per heavy atom. The molecule has 0 bridgehead atoms. The molecule has 1 aromatic rings. The maximum Gasteiger partial charge on any atom is 0.137 e. The number of hydrogen-bond acceptors (Lipinski definition) is 3. The summed E-state index contributed by atoms with van der Waals surface area (Å²) in [5.41, 5.74) is 0. The fourth-order valence-corrected chi connectivity index (χ4v) is 4.90. The Balaban J connectivity index is 1.69. The van der Waals surface area contributed by atoms with Gasteiger partial charge in [-0.1, -0.05) is 0 Å². The molecule has 4 heteroatoms. The van der Waals surface area contributed by atoms with Gasteiger partial charge in [0.05, 0.1) is 3.79 Å². The second-order valence-corrected chi connectivity index (χ2v) is 7.90. The van der Waals surface area contributed by atoms with Crippen LogP contribution in [-0.2, 0) is 11.3 Å². The molecule has 1 saturated heterocycles. The van der Waals surface area contributed by atoms with Gasteiger partial charge in [-0.15, -0.1) is 11.3 Å². The molecule has 2 fully saturated rings. The fourth-order valence-electron chi connectivity index (χ4n) is 3.39. The van der Waals surface area contributed by atoms with Crippen molar-refractivity contribution >= 4 is 33.0 Å². The minimum Gasteiger partial charge on any atom is -0.299 e. The predicted molar refractivity (Wildman–Crippen MR) is 77.8 cm³/mol. The lowest BCUT2D eigenvalue weighted by molar-refractivity contribution is -0.122. The first kappa shape index (κ1) is 12.8. The van der Waals surface area contributed by atoms with Crippen LogP contribution in [0.1, 0.15) is 37.0 Å². The summed E-state index contributed by atoms with van der Waals surface area (Å²) in [4.78, 5) is 15.9. The first-order chi connectivity index (χ1) is 8.74. The van der Waals surface area contributed by atoms with Crippen LogP contribution in [0.15, 0.2) is 15.9 Å². The number of hydrogen-bond donors (Lipinski definition) is 0. The number of halogens is 1. The SMILES string of the molecule is O=C1CCCC1C1CCCN1Cc1ccc(Br)s1. The van der Waals surface area contributed by atoms with Crippen LogP contribution in [0.25, 0.3) is 0 Å². The third-order valence-corrected chi connectivity index (χ3v) is 5.83. The van der Waals surface area contributed by atoms with Gasteiger partial charge in [-0.2, -0.15) is 0 Å². The fraction of sp³-hybridized carbons (Fsp3) is 0.643. The van der Waals surface area contributed by atoms with E-state index in [1.54, 1.807) is 0 Å². The topological polar surface area (TPSA) is 20.3 Å². The normalized spacial score (nSPS) is 29.3. The van der Waals surface area contributed by atoms with Crippen molar-refractivity contribution in [3.05, 3.63) is 20.8 Å². The Hall–Kier alpha value is -0.190. The molecule has 2 heterocycles. The largest absolute Gasteiger partial charge is 0.299 e. The number of ketones is 1. The van der Waals surface area contributed by atoms with E-state index in [1.165, 1.54) is 21.5 Å². The van der Waals surface area contributed by atoms with Crippen LogP contribution in [0.2, 0.25) is 0 Å². The van der Waals surface area contributed by atoms with Crippen LogP contribution < -0.4 is 0 Å². The number of carbonyl (C=O) groups is 1. The minimum atomic E-state index is 0.330. The van der Waals surface area contributed by atoms with Crippen LogP contribution in [0, 0.1) is 5.92 Å². The Morgan fingerprint density at radius 3 is 2.89 bits per heavy atom. The zero-order chi connectivity index (χ0) is 12.5. The van der Waals surface area contributed by atoms with E-state index in [-0.39, 0.29) is 0 Å². The molecule has 1 aliphatic carbocycles. The molecule has 3 rings (SSSR count). The summed E-state index contributed by atoms with van der Waals surface area (Å²) in [6.07, 6.45) is 5.51. The molecule has 0 N–H and O–H groups in total. The molecule has 1 aromatic heterocycles. The van der Waals surface area contributed by atoms with Crippen molar-refractivity contribution in [3.8, 4) is 0 Å². The van der Waals surface area contributed by atoms with E-state index in [2.05, 4.69) is 33.0 Å². The molecule has 98 valence electrons. The maximum atomic E-state index is 11.9. The predicted octanol–water partition coefficient (Wildman–Crippen LogP) is 3.84. The van der Waals surface area contributed by atoms with E-state index < -0.39 is 0 Å². The smallest absolute Gasteiger partial charge is 0.137 e. The van der Waals surface area contributed by atoms with Gasteiger partial charge in [0.2, 0.25) is 0 Å². The van der Waals surface area contributed by atoms with Gasteiger partial charge in [-0.25, -0.2) is 0 Å². The van der Waals surface area contributed by atoms with E-state index in [1.807, 2.05) is 11.3 Å². The quantitative estimate of drug-likeness (QED) is 0.840. The van der Waals surface area contributed by atoms with E-state index in [0.29, 0.717) is 17.7 Å².